The summed E-state index contributed by atoms with van der Waals surface area (Å²) in [4.78, 5) is 34.9. The van der Waals surface area contributed by atoms with E-state index in [1.165, 1.54) is 36.4 Å². The van der Waals surface area contributed by atoms with Crippen molar-refractivity contribution in [1.82, 2.24) is 4.90 Å². The van der Waals surface area contributed by atoms with E-state index in [2.05, 4.69) is 0 Å². The van der Waals surface area contributed by atoms with Gasteiger partial charge in [-0.05, 0) is 23.8 Å². The molecule has 1 aromatic carbocycles. The van der Waals surface area contributed by atoms with Crippen LogP contribution in [0.25, 0.3) is 6.08 Å². The van der Waals surface area contributed by atoms with Gasteiger partial charge < -0.3 is 10.2 Å². The van der Waals surface area contributed by atoms with Crippen molar-refractivity contribution >= 4 is 23.9 Å². The predicted molar refractivity (Wildman–Crippen MR) is 70.0 cm³/mol. The SMILES string of the molecule is O=C(O)c1cc(C=CC(=O)N2CC=CC2=O)ccc1O. The van der Waals surface area contributed by atoms with Crippen LogP contribution < -0.4 is 0 Å². The monoisotopic (exact) mass is 273 g/mol. The average molecular weight is 273 g/mol. The maximum atomic E-state index is 11.7. The molecule has 6 nitrogen and oxygen atoms in total. The number of carbonyl (C=O) groups excluding carboxylic acids is 2. The van der Waals surface area contributed by atoms with Crippen LogP contribution in [0.3, 0.4) is 0 Å². The van der Waals surface area contributed by atoms with Crippen LogP contribution in [0.5, 0.6) is 5.75 Å². The molecule has 0 saturated carbocycles. The van der Waals surface area contributed by atoms with Crippen LogP contribution in [0.1, 0.15) is 15.9 Å². The Labute approximate surface area is 114 Å². The molecule has 0 unspecified atom stereocenters. The zero-order valence-electron chi connectivity index (χ0n) is 10.3. The lowest BCUT2D eigenvalue weighted by atomic mass is 10.1. The van der Waals surface area contributed by atoms with E-state index in [-0.39, 0.29) is 23.8 Å². The van der Waals surface area contributed by atoms with Gasteiger partial charge in [0.25, 0.3) is 11.8 Å². The van der Waals surface area contributed by atoms with Gasteiger partial charge in [-0.25, -0.2) is 4.79 Å². The Balaban J connectivity index is 2.15. The number of rotatable bonds is 3. The van der Waals surface area contributed by atoms with Crippen LogP contribution in [0, 0.1) is 0 Å². The summed E-state index contributed by atoms with van der Waals surface area (Å²) in [7, 11) is 0. The number of carboxylic acids is 1. The molecule has 2 amide bonds. The smallest absolute Gasteiger partial charge is 0.339 e. The number of hydrogen-bond acceptors (Lipinski definition) is 4. The average Bonchev–Trinajstić information content (AvgIpc) is 2.83. The van der Waals surface area contributed by atoms with Crippen molar-refractivity contribution in [3.8, 4) is 5.75 Å². The van der Waals surface area contributed by atoms with E-state index in [4.69, 9.17) is 5.11 Å². The number of aromatic carboxylic acids is 1. The van der Waals surface area contributed by atoms with Crippen LogP contribution >= 0.6 is 0 Å². The molecule has 1 aromatic rings. The van der Waals surface area contributed by atoms with Gasteiger partial charge in [-0.1, -0.05) is 12.1 Å². The Morgan fingerprint density at radius 2 is 2.05 bits per heavy atom. The Bertz CT molecular complexity index is 645. The van der Waals surface area contributed by atoms with E-state index in [1.54, 1.807) is 6.08 Å². The fraction of sp³-hybridized carbons (Fsp3) is 0.0714. The third-order valence-electron chi connectivity index (χ3n) is 2.75. The molecule has 2 rings (SSSR count). The van der Waals surface area contributed by atoms with Crippen molar-refractivity contribution in [2.45, 2.75) is 0 Å². The maximum Gasteiger partial charge on any atom is 0.339 e. The summed E-state index contributed by atoms with van der Waals surface area (Å²) in [6.45, 7) is 0.234. The molecule has 0 bridgehead atoms. The summed E-state index contributed by atoms with van der Waals surface area (Å²) in [6.07, 6.45) is 5.47. The largest absolute Gasteiger partial charge is 0.507 e. The molecule has 1 aliphatic heterocycles. The van der Waals surface area contributed by atoms with Crippen molar-refractivity contribution in [3.63, 3.8) is 0 Å². The van der Waals surface area contributed by atoms with Crippen LogP contribution in [0.4, 0.5) is 0 Å². The number of phenols is 1. The van der Waals surface area contributed by atoms with Gasteiger partial charge >= 0.3 is 5.97 Å². The molecule has 2 N–H and O–H groups in total. The van der Waals surface area contributed by atoms with Gasteiger partial charge in [0, 0.05) is 18.7 Å². The molecule has 0 fully saturated rings. The molecule has 20 heavy (non-hydrogen) atoms. The van der Waals surface area contributed by atoms with Gasteiger partial charge in [0.2, 0.25) is 0 Å². The number of nitrogens with zero attached hydrogens (tertiary/aromatic N) is 1. The molecule has 0 radical (unpaired) electrons. The first-order valence-electron chi connectivity index (χ1n) is 5.75. The van der Waals surface area contributed by atoms with Crippen molar-refractivity contribution < 1.29 is 24.6 Å². The van der Waals surface area contributed by atoms with E-state index in [9.17, 15) is 19.5 Å². The molecule has 0 aromatic heterocycles. The lowest BCUT2D eigenvalue weighted by Gasteiger charge is -2.09. The van der Waals surface area contributed by atoms with E-state index in [0.29, 0.717) is 5.56 Å². The highest BCUT2D eigenvalue weighted by molar-refractivity contribution is 6.08. The molecule has 0 aliphatic carbocycles. The van der Waals surface area contributed by atoms with Gasteiger partial charge in [0.05, 0.1) is 0 Å². The lowest BCUT2D eigenvalue weighted by Crippen LogP contribution is -2.30. The standard InChI is InChI=1S/C14H11NO5/c16-11-5-3-9(8-10(11)14(19)20)4-6-13(18)15-7-1-2-12(15)17/h1-6,8,16H,7H2,(H,19,20). The Morgan fingerprint density at radius 1 is 1.30 bits per heavy atom. The van der Waals surface area contributed by atoms with Crippen LogP contribution in [-0.2, 0) is 9.59 Å². The molecule has 1 aliphatic rings. The summed E-state index contributed by atoms with van der Waals surface area (Å²) in [5.74, 6) is -2.47. The highest BCUT2D eigenvalue weighted by Gasteiger charge is 2.19. The second kappa shape index (κ2) is 5.40. The highest BCUT2D eigenvalue weighted by atomic mass is 16.4. The Kier molecular flexibility index (Phi) is 3.65. The number of carboxylic acid groups (broad SMARTS) is 1. The van der Waals surface area contributed by atoms with E-state index >= 15 is 0 Å². The van der Waals surface area contributed by atoms with Crippen molar-refractivity contribution in [2.24, 2.45) is 0 Å². The molecule has 1 heterocycles. The minimum Gasteiger partial charge on any atom is -0.507 e. The van der Waals surface area contributed by atoms with E-state index < -0.39 is 11.9 Å². The van der Waals surface area contributed by atoms with Gasteiger partial charge in [0.1, 0.15) is 11.3 Å². The number of amides is 2. The lowest BCUT2D eigenvalue weighted by molar-refractivity contribution is -0.137. The van der Waals surface area contributed by atoms with Crippen molar-refractivity contribution in [3.05, 3.63) is 47.6 Å². The topological polar surface area (TPSA) is 94.9 Å². The second-order valence-corrected chi connectivity index (χ2v) is 4.10. The van der Waals surface area contributed by atoms with Gasteiger partial charge in [-0.2, -0.15) is 0 Å². The number of carbonyl (C=O) groups is 3. The number of aromatic hydroxyl groups is 1. The fourth-order valence-electron chi connectivity index (χ4n) is 1.72. The molecular weight excluding hydrogens is 262 g/mol. The summed E-state index contributed by atoms with van der Waals surface area (Å²) in [5, 5.41) is 18.2. The maximum absolute atomic E-state index is 11.7. The van der Waals surface area contributed by atoms with E-state index in [1.807, 2.05) is 0 Å². The van der Waals surface area contributed by atoms with Crippen LogP contribution in [0.2, 0.25) is 0 Å². The number of hydrogen-bond donors (Lipinski definition) is 2. The normalized spacial score (nSPS) is 14.2. The minimum absolute atomic E-state index is 0.234. The summed E-state index contributed by atoms with van der Waals surface area (Å²) < 4.78 is 0. The quantitative estimate of drug-likeness (QED) is 0.802. The molecule has 102 valence electrons. The minimum atomic E-state index is -1.26. The molecule has 0 atom stereocenters. The van der Waals surface area contributed by atoms with E-state index in [0.717, 1.165) is 4.90 Å². The Hall–Kier alpha value is -2.89. The number of imide groups is 1. The van der Waals surface area contributed by atoms with Crippen LogP contribution in [0.15, 0.2) is 36.4 Å². The van der Waals surface area contributed by atoms with Gasteiger partial charge in [0.15, 0.2) is 0 Å². The predicted octanol–water partition coefficient (Wildman–Crippen LogP) is 1.03. The second-order valence-electron chi connectivity index (χ2n) is 4.10. The third kappa shape index (κ3) is 2.74. The fourth-order valence-corrected chi connectivity index (χ4v) is 1.72. The first-order chi connectivity index (χ1) is 9.49. The first kappa shape index (κ1) is 13.5. The molecule has 0 saturated heterocycles. The highest BCUT2D eigenvalue weighted by Crippen LogP contribution is 2.19. The molecule has 6 heteroatoms. The third-order valence-corrected chi connectivity index (χ3v) is 2.75. The van der Waals surface area contributed by atoms with Crippen LogP contribution in [-0.4, -0.2) is 39.4 Å². The van der Waals surface area contributed by atoms with Gasteiger partial charge in [-0.15, -0.1) is 0 Å². The number of benzene rings is 1. The first-order valence-corrected chi connectivity index (χ1v) is 5.75. The summed E-state index contributed by atoms with van der Waals surface area (Å²) in [6, 6.07) is 3.94. The zero-order valence-corrected chi connectivity index (χ0v) is 10.3. The van der Waals surface area contributed by atoms with Gasteiger partial charge in [-0.3, -0.25) is 14.5 Å². The summed E-state index contributed by atoms with van der Waals surface area (Å²) in [5.41, 5.74) is 0.187. The zero-order chi connectivity index (χ0) is 14.7. The summed E-state index contributed by atoms with van der Waals surface area (Å²) >= 11 is 0. The molecule has 0 spiro atoms. The van der Waals surface area contributed by atoms with Crippen molar-refractivity contribution in [1.29, 1.82) is 0 Å². The molecular formula is C14H11NO5. The Morgan fingerprint density at radius 3 is 2.65 bits per heavy atom. The van der Waals surface area contributed by atoms with Crippen molar-refractivity contribution in [2.75, 3.05) is 6.54 Å².